The van der Waals surface area contributed by atoms with Crippen LogP contribution in [0.5, 0.6) is 0 Å². The van der Waals surface area contributed by atoms with Gasteiger partial charge in [-0.25, -0.2) is 14.4 Å². The summed E-state index contributed by atoms with van der Waals surface area (Å²) in [5, 5.41) is 6.30. The molecule has 4 aliphatic rings. The fraction of sp³-hybridized carbons (Fsp3) is 0.462. The smallest absolute Gasteiger partial charge is 0.270 e. The number of rotatable bonds is 9. The maximum atomic E-state index is 14.8. The van der Waals surface area contributed by atoms with E-state index >= 15 is 0 Å². The normalized spacial score (nSPS) is 19.6. The highest BCUT2D eigenvalue weighted by Gasteiger charge is 2.38. The number of nitrogens with zero attached hydrogens (tertiary/aromatic N) is 9. The Hall–Kier alpha value is -5.84. The van der Waals surface area contributed by atoms with Crippen molar-refractivity contribution in [2.75, 3.05) is 86.2 Å². The number of nitrogens with one attached hydrogen (secondary N) is 2. The highest BCUT2D eigenvalue weighted by molar-refractivity contribution is 6.14. The molecule has 1 unspecified atom stereocenters. The highest BCUT2D eigenvalue weighted by atomic mass is 19.1. The maximum absolute atomic E-state index is 14.8. The Morgan fingerprint density at radius 2 is 1.68 bits per heavy atom. The fourth-order valence-electron chi connectivity index (χ4n) is 8.43. The van der Waals surface area contributed by atoms with Crippen LogP contribution >= 0.6 is 0 Å². The number of piperidine rings is 1. The van der Waals surface area contributed by atoms with Gasteiger partial charge in [-0.15, -0.1) is 0 Å². The Morgan fingerprint density at radius 1 is 0.929 bits per heavy atom. The summed E-state index contributed by atoms with van der Waals surface area (Å²) in [4.78, 5) is 74.2. The molecule has 6 heterocycles. The van der Waals surface area contributed by atoms with E-state index in [1.807, 2.05) is 24.4 Å². The molecule has 17 heteroatoms. The van der Waals surface area contributed by atoms with Gasteiger partial charge in [-0.2, -0.15) is 4.98 Å². The van der Waals surface area contributed by atoms with Gasteiger partial charge in [0.15, 0.2) is 0 Å². The van der Waals surface area contributed by atoms with Crippen LogP contribution in [0.25, 0.3) is 11.0 Å². The number of carbonyl (C=O) groups is 4. The number of nitrogens with two attached hydrogens (primary N) is 1. The number of aromatic nitrogens is 4. The second-order valence-electron chi connectivity index (χ2n) is 15.3. The summed E-state index contributed by atoms with van der Waals surface area (Å²) in [5.74, 6) is -2.30. The molecule has 4 fully saturated rings. The molecular formula is C39H47FN12O4. The molecule has 16 nitrogen and oxygen atoms in total. The number of pyridine rings is 1. The standard InChI is InChI=1S/C39H47FN12O4/c1-47(2)38(56)30-18-23-19-43-39(46-35(23)52(30)24-6-4-5-7-24)44-31-12-8-25(20-42-31)51-21-26(22-51)49-14-16-50(17-15-49)29-11-10-28(40)33(41)34(29)48(3)37(55)27-9-13-32(53)45-36(27)54/h8,10-12,18-20,24,26-27H,4-7,9,13-17,21-22,41H2,1-3H3,(H,45,53,54)(H,42,43,44,46). The molecule has 0 bridgehead atoms. The molecule has 294 valence electrons. The molecule has 8 rings (SSSR count). The van der Waals surface area contributed by atoms with E-state index < -0.39 is 29.5 Å². The first-order valence-electron chi connectivity index (χ1n) is 19.2. The minimum Gasteiger partial charge on any atom is -0.395 e. The zero-order valence-corrected chi connectivity index (χ0v) is 31.9. The minimum atomic E-state index is -1.05. The third-order valence-electron chi connectivity index (χ3n) is 11.6. The molecule has 4 N–H and O–H groups in total. The number of hydrogen-bond acceptors (Lipinski definition) is 12. The predicted molar refractivity (Wildman–Crippen MR) is 210 cm³/mol. The predicted octanol–water partition coefficient (Wildman–Crippen LogP) is 3.13. The number of piperazine rings is 1. The van der Waals surface area contributed by atoms with Crippen molar-refractivity contribution < 1.29 is 23.6 Å². The van der Waals surface area contributed by atoms with E-state index in [4.69, 9.17) is 10.7 Å². The Balaban J connectivity index is 0.877. The van der Waals surface area contributed by atoms with Crippen LogP contribution in [0.3, 0.4) is 0 Å². The number of nitrogen functional groups attached to an aromatic ring is 1. The molecule has 1 aromatic carbocycles. The van der Waals surface area contributed by atoms with Crippen LogP contribution in [0, 0.1) is 11.7 Å². The topological polar surface area (TPSA) is 178 Å². The minimum absolute atomic E-state index is 0.0473. The quantitative estimate of drug-likeness (QED) is 0.129. The van der Waals surface area contributed by atoms with Crippen molar-refractivity contribution in [3.05, 3.63) is 54.2 Å². The molecule has 0 spiro atoms. The third kappa shape index (κ3) is 6.95. The molecule has 0 radical (unpaired) electrons. The monoisotopic (exact) mass is 766 g/mol. The molecule has 1 atom stereocenters. The van der Waals surface area contributed by atoms with Gasteiger partial charge >= 0.3 is 0 Å². The van der Waals surface area contributed by atoms with Crippen LogP contribution in [0.4, 0.5) is 38.9 Å². The van der Waals surface area contributed by atoms with Gasteiger partial charge in [-0.05, 0) is 49.6 Å². The number of benzene rings is 1. The molecule has 4 aromatic rings. The van der Waals surface area contributed by atoms with Gasteiger partial charge in [-0.1, -0.05) is 12.8 Å². The van der Waals surface area contributed by atoms with Gasteiger partial charge in [0.25, 0.3) is 5.91 Å². The van der Waals surface area contributed by atoms with Gasteiger partial charge < -0.3 is 35.2 Å². The highest BCUT2D eigenvalue weighted by Crippen LogP contribution is 2.39. The van der Waals surface area contributed by atoms with E-state index in [0.717, 1.165) is 68.6 Å². The number of halogens is 1. The van der Waals surface area contributed by atoms with Crippen LogP contribution in [0.1, 0.15) is 55.1 Å². The molecule has 4 amide bonds. The van der Waals surface area contributed by atoms with E-state index in [1.54, 1.807) is 31.3 Å². The summed E-state index contributed by atoms with van der Waals surface area (Å²) in [6.45, 7) is 4.50. The van der Waals surface area contributed by atoms with Crippen LogP contribution in [0.15, 0.2) is 42.7 Å². The first kappa shape index (κ1) is 37.1. The summed E-state index contributed by atoms with van der Waals surface area (Å²) < 4.78 is 16.8. The van der Waals surface area contributed by atoms with Crippen molar-refractivity contribution in [2.45, 2.75) is 50.6 Å². The van der Waals surface area contributed by atoms with Gasteiger partial charge in [0.05, 0.1) is 28.9 Å². The first-order chi connectivity index (χ1) is 27.0. The molecule has 3 aromatic heterocycles. The summed E-state index contributed by atoms with van der Waals surface area (Å²) in [6.07, 6.45) is 8.06. The van der Waals surface area contributed by atoms with Gasteiger partial charge in [0, 0.05) is 90.5 Å². The fourth-order valence-corrected chi connectivity index (χ4v) is 8.43. The SMILES string of the molecule is CN(C)C(=O)c1cc2cnc(Nc3ccc(N4CC(N5CCN(c6ccc(F)c(N)c6N(C)C(=O)C6CCC(=O)NC6=O)CC5)C4)cn3)nc2n1C1CCCC1. The number of hydrogen-bond donors (Lipinski definition) is 3. The maximum Gasteiger partial charge on any atom is 0.270 e. The van der Waals surface area contributed by atoms with Crippen molar-refractivity contribution in [3.8, 4) is 0 Å². The van der Waals surface area contributed by atoms with Gasteiger partial charge in [0.2, 0.25) is 23.7 Å². The molecule has 3 saturated heterocycles. The largest absolute Gasteiger partial charge is 0.395 e. The average Bonchev–Trinajstić information content (AvgIpc) is 3.83. The van der Waals surface area contributed by atoms with E-state index in [-0.39, 0.29) is 36.2 Å². The van der Waals surface area contributed by atoms with E-state index in [2.05, 4.69) is 39.9 Å². The van der Waals surface area contributed by atoms with Crippen molar-refractivity contribution >= 4 is 69.2 Å². The lowest BCUT2D eigenvalue weighted by Gasteiger charge is -2.49. The van der Waals surface area contributed by atoms with Crippen molar-refractivity contribution in [1.82, 2.24) is 34.6 Å². The Kier molecular flexibility index (Phi) is 9.94. The van der Waals surface area contributed by atoms with E-state index in [1.165, 1.54) is 18.0 Å². The number of fused-ring (bicyclic) bond motifs is 1. The van der Waals surface area contributed by atoms with E-state index in [9.17, 15) is 23.6 Å². The van der Waals surface area contributed by atoms with Crippen molar-refractivity contribution in [3.63, 3.8) is 0 Å². The van der Waals surface area contributed by atoms with Crippen LogP contribution in [0.2, 0.25) is 0 Å². The van der Waals surface area contributed by atoms with Crippen LogP contribution < -0.4 is 31.1 Å². The Morgan fingerprint density at radius 3 is 2.36 bits per heavy atom. The van der Waals surface area contributed by atoms with Gasteiger partial charge in [-0.3, -0.25) is 29.4 Å². The molecule has 1 aliphatic carbocycles. The molecular weight excluding hydrogens is 720 g/mol. The number of carbonyl (C=O) groups excluding carboxylic acids is 4. The van der Waals surface area contributed by atoms with Crippen molar-refractivity contribution in [2.24, 2.45) is 5.92 Å². The lowest BCUT2D eigenvalue weighted by molar-refractivity contribution is -0.140. The molecule has 1 saturated carbocycles. The Labute approximate surface area is 323 Å². The lowest BCUT2D eigenvalue weighted by Crippen LogP contribution is -2.63. The molecule has 3 aliphatic heterocycles. The van der Waals surface area contributed by atoms with E-state index in [0.29, 0.717) is 42.3 Å². The summed E-state index contributed by atoms with van der Waals surface area (Å²) in [6, 6.07) is 9.35. The third-order valence-corrected chi connectivity index (χ3v) is 11.6. The summed E-state index contributed by atoms with van der Waals surface area (Å²) >= 11 is 0. The second-order valence-corrected chi connectivity index (χ2v) is 15.3. The van der Waals surface area contributed by atoms with Crippen LogP contribution in [-0.4, -0.2) is 119 Å². The number of amides is 4. The number of imide groups is 1. The van der Waals surface area contributed by atoms with Crippen molar-refractivity contribution in [1.29, 1.82) is 0 Å². The first-order valence-corrected chi connectivity index (χ1v) is 19.2. The summed E-state index contributed by atoms with van der Waals surface area (Å²) in [5.41, 5.74) is 9.30. The zero-order valence-electron chi connectivity index (χ0n) is 31.9. The van der Waals surface area contributed by atoms with Gasteiger partial charge in [0.1, 0.15) is 28.9 Å². The zero-order chi connectivity index (χ0) is 39.2. The van der Waals surface area contributed by atoms with Crippen LogP contribution in [-0.2, 0) is 14.4 Å². The number of anilines is 6. The second kappa shape index (κ2) is 15.0. The lowest BCUT2D eigenvalue weighted by atomic mass is 9.96. The average molecular weight is 767 g/mol. The Bertz CT molecular complexity index is 2170. The summed E-state index contributed by atoms with van der Waals surface area (Å²) in [7, 11) is 5.02. The molecule has 56 heavy (non-hydrogen) atoms.